The van der Waals surface area contributed by atoms with Crippen molar-refractivity contribution in [1.29, 1.82) is 0 Å². The number of hydrogen-bond acceptors (Lipinski definition) is 3. The van der Waals surface area contributed by atoms with Crippen LogP contribution in [0.2, 0.25) is 0 Å². The number of nitrogens with zero attached hydrogens (tertiary/aromatic N) is 1. The van der Waals surface area contributed by atoms with E-state index in [-0.39, 0.29) is 5.91 Å². The van der Waals surface area contributed by atoms with Crippen molar-refractivity contribution in [2.75, 3.05) is 20.3 Å². The highest BCUT2D eigenvalue weighted by molar-refractivity contribution is 5.81. The molecule has 1 atom stereocenters. The SMILES string of the molecule is CCC(N)C(=O)N(CCOC)Cc1ccccc1. The van der Waals surface area contributed by atoms with E-state index in [0.29, 0.717) is 26.1 Å². The van der Waals surface area contributed by atoms with Gasteiger partial charge in [0.1, 0.15) is 0 Å². The van der Waals surface area contributed by atoms with Crippen molar-refractivity contribution in [3.63, 3.8) is 0 Å². The highest BCUT2D eigenvalue weighted by Gasteiger charge is 2.19. The first-order chi connectivity index (χ1) is 8.69. The summed E-state index contributed by atoms with van der Waals surface area (Å²) in [5, 5.41) is 0. The first kappa shape index (κ1) is 14.7. The van der Waals surface area contributed by atoms with Gasteiger partial charge in [0.15, 0.2) is 0 Å². The average molecular weight is 250 g/mol. The van der Waals surface area contributed by atoms with E-state index in [1.807, 2.05) is 37.3 Å². The maximum Gasteiger partial charge on any atom is 0.239 e. The molecule has 0 saturated carbocycles. The Morgan fingerprint density at radius 1 is 1.39 bits per heavy atom. The minimum absolute atomic E-state index is 0.0154. The van der Waals surface area contributed by atoms with Gasteiger partial charge in [0.25, 0.3) is 0 Å². The number of carbonyl (C=O) groups is 1. The number of carbonyl (C=O) groups excluding carboxylic acids is 1. The van der Waals surface area contributed by atoms with Gasteiger partial charge in [-0.3, -0.25) is 4.79 Å². The van der Waals surface area contributed by atoms with E-state index in [4.69, 9.17) is 10.5 Å². The van der Waals surface area contributed by atoms with Gasteiger partial charge in [0, 0.05) is 20.2 Å². The predicted octanol–water partition coefficient (Wildman–Crippen LogP) is 1.40. The summed E-state index contributed by atoms with van der Waals surface area (Å²) in [5.41, 5.74) is 6.91. The molecule has 0 saturated heterocycles. The fourth-order valence-corrected chi connectivity index (χ4v) is 1.68. The van der Waals surface area contributed by atoms with E-state index < -0.39 is 6.04 Å². The molecule has 4 heteroatoms. The largest absolute Gasteiger partial charge is 0.383 e. The first-order valence-corrected chi connectivity index (χ1v) is 6.26. The van der Waals surface area contributed by atoms with Gasteiger partial charge in [-0.05, 0) is 12.0 Å². The van der Waals surface area contributed by atoms with Crippen molar-refractivity contribution in [3.8, 4) is 0 Å². The Bertz CT molecular complexity index is 354. The molecular formula is C14H22N2O2. The van der Waals surface area contributed by atoms with Crippen LogP contribution in [-0.2, 0) is 16.1 Å². The molecule has 0 heterocycles. The van der Waals surface area contributed by atoms with Crippen molar-refractivity contribution in [2.45, 2.75) is 25.9 Å². The van der Waals surface area contributed by atoms with Gasteiger partial charge in [-0.15, -0.1) is 0 Å². The van der Waals surface area contributed by atoms with Crippen molar-refractivity contribution in [3.05, 3.63) is 35.9 Å². The molecule has 0 aliphatic heterocycles. The van der Waals surface area contributed by atoms with Crippen LogP contribution in [0.15, 0.2) is 30.3 Å². The third kappa shape index (κ3) is 4.47. The molecule has 18 heavy (non-hydrogen) atoms. The van der Waals surface area contributed by atoms with Gasteiger partial charge in [-0.2, -0.15) is 0 Å². The van der Waals surface area contributed by atoms with Crippen LogP contribution >= 0.6 is 0 Å². The van der Waals surface area contributed by atoms with Crippen LogP contribution < -0.4 is 5.73 Å². The van der Waals surface area contributed by atoms with Crippen LogP contribution in [0.4, 0.5) is 0 Å². The Morgan fingerprint density at radius 3 is 2.61 bits per heavy atom. The van der Waals surface area contributed by atoms with Gasteiger partial charge in [0.2, 0.25) is 5.91 Å². The third-order valence-corrected chi connectivity index (χ3v) is 2.85. The smallest absolute Gasteiger partial charge is 0.239 e. The highest BCUT2D eigenvalue weighted by atomic mass is 16.5. The summed E-state index contributed by atoms with van der Waals surface area (Å²) in [6.07, 6.45) is 0.650. The summed E-state index contributed by atoms with van der Waals surface area (Å²) in [6, 6.07) is 9.48. The van der Waals surface area contributed by atoms with Crippen molar-refractivity contribution >= 4 is 5.91 Å². The third-order valence-electron chi connectivity index (χ3n) is 2.85. The Kier molecular flexibility index (Phi) is 6.39. The molecule has 4 nitrogen and oxygen atoms in total. The molecule has 1 aromatic rings. The lowest BCUT2D eigenvalue weighted by Gasteiger charge is -2.25. The molecule has 1 aromatic carbocycles. The maximum atomic E-state index is 12.1. The van der Waals surface area contributed by atoms with Crippen molar-refractivity contribution < 1.29 is 9.53 Å². The van der Waals surface area contributed by atoms with E-state index in [2.05, 4.69) is 0 Å². The van der Waals surface area contributed by atoms with Gasteiger partial charge in [0.05, 0.1) is 12.6 Å². The van der Waals surface area contributed by atoms with Gasteiger partial charge < -0.3 is 15.4 Å². The molecule has 0 aliphatic rings. The molecule has 0 radical (unpaired) electrons. The number of rotatable bonds is 7. The van der Waals surface area contributed by atoms with Crippen LogP contribution in [0.25, 0.3) is 0 Å². The molecule has 0 fully saturated rings. The summed E-state index contributed by atoms with van der Waals surface area (Å²) in [7, 11) is 1.63. The van der Waals surface area contributed by atoms with Crippen LogP contribution in [0.5, 0.6) is 0 Å². The lowest BCUT2D eigenvalue weighted by atomic mass is 10.1. The van der Waals surface area contributed by atoms with Crippen LogP contribution in [-0.4, -0.2) is 37.1 Å². The van der Waals surface area contributed by atoms with Crippen LogP contribution in [0.1, 0.15) is 18.9 Å². The standard InChI is InChI=1S/C14H22N2O2/c1-3-13(15)14(17)16(9-10-18-2)11-12-7-5-4-6-8-12/h4-8,13H,3,9-11,15H2,1-2H3. The molecule has 0 aliphatic carbocycles. The van der Waals surface area contributed by atoms with E-state index in [0.717, 1.165) is 5.56 Å². The van der Waals surface area contributed by atoms with Crippen LogP contribution in [0, 0.1) is 0 Å². The molecule has 1 amide bonds. The molecule has 0 spiro atoms. The second-order valence-corrected chi connectivity index (χ2v) is 4.25. The Hall–Kier alpha value is -1.39. The monoisotopic (exact) mass is 250 g/mol. The molecule has 0 bridgehead atoms. The van der Waals surface area contributed by atoms with E-state index in [9.17, 15) is 4.79 Å². The highest BCUT2D eigenvalue weighted by Crippen LogP contribution is 2.06. The summed E-state index contributed by atoms with van der Waals surface area (Å²) >= 11 is 0. The van der Waals surface area contributed by atoms with Crippen molar-refractivity contribution in [2.24, 2.45) is 5.73 Å². The minimum atomic E-state index is -0.425. The summed E-state index contributed by atoms with van der Waals surface area (Å²) in [5.74, 6) is -0.0154. The minimum Gasteiger partial charge on any atom is -0.383 e. The molecular weight excluding hydrogens is 228 g/mol. The lowest BCUT2D eigenvalue weighted by molar-refractivity contribution is -0.133. The number of hydrogen-bond donors (Lipinski definition) is 1. The van der Waals surface area contributed by atoms with Gasteiger partial charge in [-0.1, -0.05) is 37.3 Å². The fourth-order valence-electron chi connectivity index (χ4n) is 1.68. The molecule has 2 N–H and O–H groups in total. The first-order valence-electron chi connectivity index (χ1n) is 6.26. The summed E-state index contributed by atoms with van der Waals surface area (Å²) in [6.45, 7) is 3.59. The number of ether oxygens (including phenoxy) is 1. The van der Waals surface area contributed by atoms with Crippen molar-refractivity contribution in [1.82, 2.24) is 4.90 Å². The Balaban J connectivity index is 2.69. The van der Waals surface area contributed by atoms with E-state index in [1.54, 1.807) is 12.0 Å². The second-order valence-electron chi connectivity index (χ2n) is 4.25. The average Bonchev–Trinajstić information content (AvgIpc) is 2.42. The van der Waals surface area contributed by atoms with Crippen LogP contribution in [0.3, 0.4) is 0 Å². The van der Waals surface area contributed by atoms with Gasteiger partial charge in [-0.25, -0.2) is 0 Å². The zero-order chi connectivity index (χ0) is 13.4. The van der Waals surface area contributed by atoms with Gasteiger partial charge >= 0.3 is 0 Å². The topological polar surface area (TPSA) is 55.6 Å². The fraction of sp³-hybridized carbons (Fsp3) is 0.500. The Morgan fingerprint density at radius 2 is 2.06 bits per heavy atom. The Labute approximate surface area is 109 Å². The molecule has 0 aromatic heterocycles. The molecule has 1 unspecified atom stereocenters. The number of amides is 1. The quantitative estimate of drug-likeness (QED) is 0.796. The van der Waals surface area contributed by atoms with E-state index >= 15 is 0 Å². The molecule has 1 rings (SSSR count). The summed E-state index contributed by atoms with van der Waals surface area (Å²) in [4.78, 5) is 13.9. The normalized spacial score (nSPS) is 12.2. The van der Waals surface area contributed by atoms with E-state index in [1.165, 1.54) is 0 Å². The number of methoxy groups -OCH3 is 1. The molecule has 100 valence electrons. The predicted molar refractivity (Wildman–Crippen MR) is 72.0 cm³/mol. The zero-order valence-electron chi connectivity index (χ0n) is 11.1. The number of nitrogens with two attached hydrogens (primary N) is 1. The second kappa shape index (κ2) is 7.84. The lowest BCUT2D eigenvalue weighted by Crippen LogP contribution is -2.44. The number of benzene rings is 1. The zero-order valence-corrected chi connectivity index (χ0v) is 11.1. The summed E-state index contributed by atoms with van der Waals surface area (Å²) < 4.78 is 5.04. The maximum absolute atomic E-state index is 12.1.